The van der Waals surface area contributed by atoms with E-state index in [4.69, 9.17) is 0 Å². The number of aromatic nitrogens is 2. The lowest BCUT2D eigenvalue weighted by Gasteiger charge is -2.11. The van der Waals surface area contributed by atoms with Crippen molar-refractivity contribution in [3.63, 3.8) is 0 Å². The molecular weight excluding hydrogens is 210 g/mol. The molecule has 0 atom stereocenters. The molecule has 0 unspecified atom stereocenters. The van der Waals surface area contributed by atoms with Gasteiger partial charge in [0.2, 0.25) is 0 Å². The summed E-state index contributed by atoms with van der Waals surface area (Å²) in [5.41, 5.74) is 2.61. The topological polar surface area (TPSA) is 37.8 Å². The minimum atomic E-state index is 0.952. The molecule has 0 saturated carbocycles. The van der Waals surface area contributed by atoms with Crippen LogP contribution in [0.25, 0.3) is 0 Å². The molecule has 0 bridgehead atoms. The number of fused-ring (bicyclic) bond motifs is 1. The van der Waals surface area contributed by atoms with E-state index in [1.807, 2.05) is 0 Å². The molecule has 1 N–H and O–H groups in total. The molecule has 0 aliphatic heterocycles. The van der Waals surface area contributed by atoms with Gasteiger partial charge in [0, 0.05) is 17.8 Å². The van der Waals surface area contributed by atoms with E-state index in [0.29, 0.717) is 0 Å². The molecule has 0 spiro atoms. The van der Waals surface area contributed by atoms with Gasteiger partial charge in [0.1, 0.15) is 12.1 Å². The van der Waals surface area contributed by atoms with Gasteiger partial charge < -0.3 is 5.32 Å². The molecule has 3 heteroatoms. The first-order chi connectivity index (χ1) is 8.42. The van der Waals surface area contributed by atoms with Crippen LogP contribution in [0.4, 0.5) is 5.82 Å². The first-order valence-electron chi connectivity index (χ1n) is 6.59. The van der Waals surface area contributed by atoms with Gasteiger partial charge in [0.05, 0.1) is 0 Å². The van der Waals surface area contributed by atoms with Crippen LogP contribution in [0.1, 0.15) is 43.9 Å². The lowest BCUT2D eigenvalue weighted by Crippen LogP contribution is -2.08. The molecule has 1 aromatic rings. The lowest BCUT2D eigenvalue weighted by molar-refractivity contribution is 0.709. The Morgan fingerprint density at radius 1 is 1.24 bits per heavy atom. The van der Waals surface area contributed by atoms with Crippen molar-refractivity contribution in [1.29, 1.82) is 0 Å². The van der Waals surface area contributed by atoms with E-state index < -0.39 is 0 Å². The number of anilines is 1. The number of hydrogen-bond donors (Lipinski definition) is 1. The van der Waals surface area contributed by atoms with E-state index in [2.05, 4.69) is 34.4 Å². The zero-order valence-electron chi connectivity index (χ0n) is 10.6. The average molecular weight is 231 g/mol. The molecule has 17 heavy (non-hydrogen) atoms. The summed E-state index contributed by atoms with van der Waals surface area (Å²) in [4.78, 5) is 8.80. The van der Waals surface area contributed by atoms with Crippen LogP contribution in [0.5, 0.6) is 0 Å². The van der Waals surface area contributed by atoms with Crippen molar-refractivity contribution in [3.8, 4) is 0 Å². The van der Waals surface area contributed by atoms with Crippen LogP contribution >= 0.6 is 0 Å². The van der Waals surface area contributed by atoms with Gasteiger partial charge in [-0.1, -0.05) is 18.6 Å². The van der Waals surface area contributed by atoms with Crippen molar-refractivity contribution >= 4 is 5.82 Å². The third kappa shape index (κ3) is 3.29. The maximum absolute atomic E-state index is 4.42. The van der Waals surface area contributed by atoms with Gasteiger partial charge in [0.25, 0.3) is 0 Å². The van der Waals surface area contributed by atoms with Crippen molar-refractivity contribution in [1.82, 2.24) is 9.97 Å². The molecular formula is C14H21N3. The Morgan fingerprint density at radius 3 is 3.00 bits per heavy atom. The smallest absolute Gasteiger partial charge is 0.132 e. The van der Waals surface area contributed by atoms with Crippen LogP contribution in [0.3, 0.4) is 0 Å². The minimum Gasteiger partial charge on any atom is -0.369 e. The summed E-state index contributed by atoms with van der Waals surface area (Å²) < 4.78 is 0. The van der Waals surface area contributed by atoms with Crippen molar-refractivity contribution < 1.29 is 0 Å². The Morgan fingerprint density at radius 2 is 2.12 bits per heavy atom. The number of aryl methyl sites for hydroxylation is 1. The number of nitrogens with one attached hydrogen (secondary N) is 1. The number of hydrogen-bond acceptors (Lipinski definition) is 3. The average Bonchev–Trinajstić information content (AvgIpc) is 2.60. The third-order valence-electron chi connectivity index (χ3n) is 3.21. The fourth-order valence-electron chi connectivity index (χ4n) is 2.29. The zero-order chi connectivity index (χ0) is 11.9. The quantitative estimate of drug-likeness (QED) is 0.491. The monoisotopic (exact) mass is 231 g/mol. The number of allylic oxidation sites excluding steroid dienone is 1. The Kier molecular flexibility index (Phi) is 4.54. The zero-order valence-corrected chi connectivity index (χ0v) is 10.6. The van der Waals surface area contributed by atoms with Gasteiger partial charge >= 0.3 is 0 Å². The van der Waals surface area contributed by atoms with E-state index in [9.17, 15) is 0 Å². The molecule has 1 aliphatic carbocycles. The summed E-state index contributed by atoms with van der Waals surface area (Å²) in [6.07, 6.45) is 13.1. The Bertz CT molecular complexity index is 385. The van der Waals surface area contributed by atoms with Crippen molar-refractivity contribution in [3.05, 3.63) is 29.7 Å². The van der Waals surface area contributed by atoms with Crippen molar-refractivity contribution in [2.75, 3.05) is 11.9 Å². The first kappa shape index (κ1) is 12.1. The fourth-order valence-corrected chi connectivity index (χ4v) is 2.29. The normalized spacial score (nSPS) is 15.6. The van der Waals surface area contributed by atoms with Gasteiger partial charge in [-0.15, -0.1) is 0 Å². The second kappa shape index (κ2) is 6.38. The van der Waals surface area contributed by atoms with Crippen LogP contribution < -0.4 is 5.32 Å². The first-order valence-corrected chi connectivity index (χ1v) is 6.59. The Balaban J connectivity index is 2.06. The van der Waals surface area contributed by atoms with E-state index in [0.717, 1.165) is 31.6 Å². The molecule has 0 fully saturated rings. The lowest BCUT2D eigenvalue weighted by atomic mass is 10.1. The molecule has 3 nitrogen and oxygen atoms in total. The second-order valence-electron chi connectivity index (χ2n) is 4.49. The SMILES string of the molecule is C/C=C/CCNc1ncnc2c1CCCCC2. The molecule has 1 aliphatic rings. The highest BCUT2D eigenvalue weighted by molar-refractivity contribution is 5.46. The van der Waals surface area contributed by atoms with Crippen LogP contribution in [0.15, 0.2) is 18.5 Å². The van der Waals surface area contributed by atoms with Gasteiger partial charge in [-0.2, -0.15) is 0 Å². The van der Waals surface area contributed by atoms with E-state index in [1.54, 1.807) is 6.33 Å². The summed E-state index contributed by atoms with van der Waals surface area (Å²) in [6, 6.07) is 0. The standard InChI is InChI=1S/C14H21N3/c1-2-3-7-10-15-14-12-8-5-4-6-9-13(12)16-11-17-14/h2-3,11H,4-10H2,1H3,(H,15,16,17)/b3-2+. The third-order valence-corrected chi connectivity index (χ3v) is 3.21. The van der Waals surface area contributed by atoms with Gasteiger partial charge in [-0.25, -0.2) is 9.97 Å². The Hall–Kier alpha value is -1.38. The maximum atomic E-state index is 4.42. The van der Waals surface area contributed by atoms with Crippen LogP contribution in [-0.4, -0.2) is 16.5 Å². The van der Waals surface area contributed by atoms with Gasteiger partial charge in [-0.3, -0.25) is 0 Å². The highest BCUT2D eigenvalue weighted by Crippen LogP contribution is 2.23. The van der Waals surface area contributed by atoms with Crippen molar-refractivity contribution in [2.45, 2.75) is 45.4 Å². The summed E-state index contributed by atoms with van der Waals surface area (Å²) in [6.45, 7) is 3.00. The fraction of sp³-hybridized carbons (Fsp3) is 0.571. The molecule has 1 heterocycles. The van der Waals surface area contributed by atoms with E-state index >= 15 is 0 Å². The predicted molar refractivity (Wildman–Crippen MR) is 71.2 cm³/mol. The molecule has 0 amide bonds. The molecule has 2 rings (SSSR count). The summed E-state index contributed by atoms with van der Waals surface area (Å²) >= 11 is 0. The van der Waals surface area contributed by atoms with Crippen LogP contribution in [-0.2, 0) is 12.8 Å². The maximum Gasteiger partial charge on any atom is 0.132 e. The number of rotatable bonds is 4. The van der Waals surface area contributed by atoms with Crippen LogP contribution in [0, 0.1) is 0 Å². The molecule has 92 valence electrons. The number of nitrogens with zero attached hydrogens (tertiary/aromatic N) is 2. The van der Waals surface area contributed by atoms with Crippen LogP contribution in [0.2, 0.25) is 0 Å². The van der Waals surface area contributed by atoms with Gasteiger partial charge in [0.15, 0.2) is 0 Å². The predicted octanol–water partition coefficient (Wildman–Crippen LogP) is 3.12. The summed E-state index contributed by atoms with van der Waals surface area (Å²) in [5.74, 6) is 1.06. The van der Waals surface area contributed by atoms with E-state index in [-0.39, 0.29) is 0 Å². The Labute approximate surface area is 103 Å². The summed E-state index contributed by atoms with van der Waals surface area (Å²) in [5, 5.41) is 3.43. The molecule has 0 radical (unpaired) electrons. The largest absolute Gasteiger partial charge is 0.369 e. The highest BCUT2D eigenvalue weighted by atomic mass is 15.0. The molecule has 0 aromatic carbocycles. The second-order valence-corrected chi connectivity index (χ2v) is 4.49. The van der Waals surface area contributed by atoms with Gasteiger partial charge in [-0.05, 0) is 39.0 Å². The molecule has 0 saturated heterocycles. The highest BCUT2D eigenvalue weighted by Gasteiger charge is 2.13. The van der Waals surface area contributed by atoms with Crippen molar-refractivity contribution in [2.24, 2.45) is 0 Å². The molecule has 1 aromatic heterocycles. The summed E-state index contributed by atoms with van der Waals surface area (Å²) in [7, 11) is 0. The van der Waals surface area contributed by atoms with E-state index in [1.165, 1.54) is 30.5 Å². The minimum absolute atomic E-state index is 0.952.